The Hall–Kier alpha value is -3.63. The first-order chi connectivity index (χ1) is 16.7. The van der Waals surface area contributed by atoms with Crippen LogP contribution in [0, 0.1) is 0 Å². The van der Waals surface area contributed by atoms with Crippen molar-refractivity contribution in [2.24, 2.45) is 0 Å². The lowest BCUT2D eigenvalue weighted by molar-refractivity contribution is 0.448. The third-order valence-corrected chi connectivity index (χ3v) is 6.99. The Labute approximate surface area is 210 Å². The summed E-state index contributed by atoms with van der Waals surface area (Å²) < 4.78 is 0. The fourth-order valence-corrected chi connectivity index (χ4v) is 4.77. The molecule has 1 aromatic heterocycles. The summed E-state index contributed by atoms with van der Waals surface area (Å²) in [6, 6.07) is 30.1. The van der Waals surface area contributed by atoms with Crippen molar-refractivity contribution in [2.45, 2.75) is 38.5 Å². The predicted octanol–water partition coefficient (Wildman–Crippen LogP) is 7.43. The molecule has 35 heavy (non-hydrogen) atoms. The fourth-order valence-electron chi connectivity index (χ4n) is 4.60. The highest BCUT2D eigenvalue weighted by molar-refractivity contribution is 6.31. The van der Waals surface area contributed by atoms with Crippen molar-refractivity contribution in [3.05, 3.63) is 118 Å². The molecule has 1 N–H and O–H groups in total. The highest BCUT2D eigenvalue weighted by Crippen LogP contribution is 2.46. The monoisotopic (exact) mass is 481 g/mol. The molecule has 0 aliphatic heterocycles. The molecule has 4 nitrogen and oxygen atoms in total. The van der Waals surface area contributed by atoms with Crippen LogP contribution in [0.25, 0.3) is 16.7 Å². The molecule has 0 atom stereocenters. The van der Waals surface area contributed by atoms with E-state index < -0.39 is 5.41 Å². The van der Waals surface area contributed by atoms with Gasteiger partial charge in [-0.1, -0.05) is 99.1 Å². The van der Waals surface area contributed by atoms with Gasteiger partial charge in [0.1, 0.15) is 22.5 Å². The van der Waals surface area contributed by atoms with Crippen LogP contribution in [-0.4, -0.2) is 20.1 Å². The number of benzene rings is 4. The maximum atomic E-state index is 11.8. The number of aromatic nitrogens is 3. The van der Waals surface area contributed by atoms with Crippen molar-refractivity contribution in [3.8, 4) is 11.4 Å². The van der Waals surface area contributed by atoms with E-state index in [2.05, 4.69) is 68.2 Å². The van der Waals surface area contributed by atoms with E-state index in [1.165, 1.54) is 4.80 Å². The summed E-state index contributed by atoms with van der Waals surface area (Å²) in [4.78, 5) is 1.52. The molecule has 176 valence electrons. The average molecular weight is 482 g/mol. The van der Waals surface area contributed by atoms with Crippen LogP contribution in [0.5, 0.6) is 5.75 Å². The zero-order valence-corrected chi connectivity index (χ0v) is 21.1. The SMILES string of the molecule is CC(C)(C)c1cc(-n2nc3ccc(Cl)cc3n2)c(O)c(C(C)(c2ccccc2)c2ccccc2)c1. The third kappa shape index (κ3) is 4.08. The molecular weight excluding hydrogens is 454 g/mol. The first-order valence-electron chi connectivity index (χ1n) is 11.7. The van der Waals surface area contributed by atoms with Crippen LogP contribution < -0.4 is 0 Å². The van der Waals surface area contributed by atoms with E-state index in [1.807, 2.05) is 48.5 Å². The minimum absolute atomic E-state index is 0.152. The van der Waals surface area contributed by atoms with Crippen LogP contribution in [-0.2, 0) is 10.8 Å². The number of phenolic OH excluding ortho intramolecular Hbond substituents is 1. The number of aromatic hydroxyl groups is 1. The number of phenols is 1. The van der Waals surface area contributed by atoms with Gasteiger partial charge in [0.25, 0.3) is 0 Å². The Balaban J connectivity index is 1.84. The van der Waals surface area contributed by atoms with Gasteiger partial charge in [0.05, 0.1) is 0 Å². The predicted molar refractivity (Wildman–Crippen MR) is 143 cm³/mol. The summed E-state index contributed by atoms with van der Waals surface area (Å²) in [5.74, 6) is 0.152. The number of rotatable bonds is 4. The Morgan fingerprint density at radius 1 is 0.686 bits per heavy atom. The molecule has 0 unspecified atom stereocenters. The molecule has 0 spiro atoms. The van der Waals surface area contributed by atoms with Crippen molar-refractivity contribution in [1.29, 1.82) is 0 Å². The molecule has 5 heteroatoms. The molecule has 0 amide bonds. The molecule has 0 fully saturated rings. The van der Waals surface area contributed by atoms with Crippen LogP contribution in [0.2, 0.25) is 5.02 Å². The Kier molecular flexibility index (Phi) is 5.65. The Bertz CT molecular complexity index is 1460. The lowest BCUT2D eigenvalue weighted by Crippen LogP contribution is -2.27. The van der Waals surface area contributed by atoms with Crippen molar-refractivity contribution < 1.29 is 5.11 Å². The first-order valence-corrected chi connectivity index (χ1v) is 12.1. The summed E-state index contributed by atoms with van der Waals surface area (Å²) in [7, 11) is 0. The minimum atomic E-state index is -0.613. The summed E-state index contributed by atoms with van der Waals surface area (Å²) in [6.45, 7) is 8.67. The van der Waals surface area contributed by atoms with E-state index in [0.29, 0.717) is 21.7 Å². The summed E-state index contributed by atoms with van der Waals surface area (Å²) in [6.07, 6.45) is 0. The number of hydrogen-bond acceptors (Lipinski definition) is 3. The summed E-state index contributed by atoms with van der Waals surface area (Å²) in [5.41, 5.74) is 5.21. The molecule has 0 aliphatic rings. The highest BCUT2D eigenvalue weighted by atomic mass is 35.5. The molecule has 0 saturated heterocycles. The van der Waals surface area contributed by atoms with Gasteiger partial charge in [-0.25, -0.2) is 0 Å². The first kappa shape index (κ1) is 23.1. The maximum Gasteiger partial charge on any atom is 0.147 e. The van der Waals surface area contributed by atoms with Gasteiger partial charge in [-0.05, 0) is 53.3 Å². The van der Waals surface area contributed by atoms with Crippen molar-refractivity contribution in [2.75, 3.05) is 0 Å². The second-order valence-electron chi connectivity index (χ2n) is 10.1. The third-order valence-electron chi connectivity index (χ3n) is 6.75. The van der Waals surface area contributed by atoms with Crippen LogP contribution in [0.4, 0.5) is 0 Å². The van der Waals surface area contributed by atoms with Gasteiger partial charge < -0.3 is 5.11 Å². The van der Waals surface area contributed by atoms with Gasteiger partial charge in [0.15, 0.2) is 0 Å². The zero-order valence-electron chi connectivity index (χ0n) is 20.3. The molecule has 4 aromatic carbocycles. The summed E-state index contributed by atoms with van der Waals surface area (Å²) in [5, 5.41) is 21.8. The molecule has 5 rings (SSSR count). The molecule has 1 heterocycles. The van der Waals surface area contributed by atoms with E-state index in [1.54, 1.807) is 12.1 Å². The Morgan fingerprint density at radius 2 is 1.26 bits per heavy atom. The van der Waals surface area contributed by atoms with Gasteiger partial charge in [0, 0.05) is 16.0 Å². The van der Waals surface area contributed by atoms with Gasteiger partial charge in [0.2, 0.25) is 0 Å². The standard InChI is InChI=1S/C30H28ClN3O/c1-29(2,3)22-17-24(30(4,20-11-7-5-8-12-20)21-13-9-6-10-14-21)28(35)27(18-22)34-32-25-16-15-23(31)19-26(25)33-34/h5-19,35H,1-4H3. The number of hydrogen-bond donors (Lipinski definition) is 1. The van der Waals surface area contributed by atoms with E-state index in [-0.39, 0.29) is 11.2 Å². The maximum absolute atomic E-state index is 11.8. The van der Waals surface area contributed by atoms with Crippen LogP contribution in [0.1, 0.15) is 49.9 Å². The molecule has 0 bridgehead atoms. The molecule has 0 radical (unpaired) electrons. The fraction of sp³-hybridized carbons (Fsp3) is 0.200. The Morgan fingerprint density at radius 3 is 1.83 bits per heavy atom. The van der Waals surface area contributed by atoms with Crippen molar-refractivity contribution in [3.63, 3.8) is 0 Å². The normalized spacial score (nSPS) is 12.3. The lowest BCUT2D eigenvalue weighted by Gasteiger charge is -2.34. The van der Waals surface area contributed by atoms with E-state index >= 15 is 0 Å². The lowest BCUT2D eigenvalue weighted by atomic mass is 9.69. The number of halogens is 1. The second-order valence-corrected chi connectivity index (χ2v) is 10.6. The molecule has 0 saturated carbocycles. The summed E-state index contributed by atoms with van der Waals surface area (Å²) >= 11 is 6.18. The largest absolute Gasteiger partial charge is 0.505 e. The van der Waals surface area contributed by atoms with Crippen LogP contribution >= 0.6 is 11.6 Å². The minimum Gasteiger partial charge on any atom is -0.505 e. The molecule has 0 aliphatic carbocycles. The van der Waals surface area contributed by atoms with E-state index in [4.69, 9.17) is 11.6 Å². The van der Waals surface area contributed by atoms with E-state index in [9.17, 15) is 5.11 Å². The van der Waals surface area contributed by atoms with Crippen molar-refractivity contribution in [1.82, 2.24) is 15.0 Å². The highest BCUT2D eigenvalue weighted by Gasteiger charge is 2.36. The van der Waals surface area contributed by atoms with Crippen LogP contribution in [0.15, 0.2) is 91.0 Å². The average Bonchev–Trinajstić information content (AvgIpc) is 3.27. The number of nitrogens with zero attached hydrogens (tertiary/aromatic N) is 3. The van der Waals surface area contributed by atoms with Gasteiger partial charge >= 0.3 is 0 Å². The number of fused-ring (bicyclic) bond motifs is 1. The molecule has 5 aromatic rings. The van der Waals surface area contributed by atoms with Gasteiger partial charge in [-0.2, -0.15) is 0 Å². The van der Waals surface area contributed by atoms with Crippen LogP contribution in [0.3, 0.4) is 0 Å². The quantitative estimate of drug-likeness (QED) is 0.271. The smallest absolute Gasteiger partial charge is 0.147 e. The van der Waals surface area contributed by atoms with Crippen molar-refractivity contribution >= 4 is 22.6 Å². The van der Waals surface area contributed by atoms with Gasteiger partial charge in [-0.15, -0.1) is 15.0 Å². The van der Waals surface area contributed by atoms with E-state index in [0.717, 1.165) is 22.3 Å². The van der Waals surface area contributed by atoms with Gasteiger partial charge in [-0.3, -0.25) is 0 Å². The molecular formula is C30H28ClN3O. The zero-order chi connectivity index (χ0) is 24.8. The second kappa shape index (κ2) is 8.54. The topological polar surface area (TPSA) is 50.9 Å².